The summed E-state index contributed by atoms with van der Waals surface area (Å²) >= 11 is 0. The van der Waals surface area contributed by atoms with Crippen LogP contribution in [0.25, 0.3) is 27.5 Å². The second-order valence-corrected chi connectivity index (χ2v) is 8.66. The van der Waals surface area contributed by atoms with Gasteiger partial charge >= 0.3 is 6.18 Å². The molecule has 1 unspecified atom stereocenters. The zero-order chi connectivity index (χ0) is 26.4. The van der Waals surface area contributed by atoms with Gasteiger partial charge in [-0.25, -0.2) is 9.07 Å². The molecule has 1 N–H and O–H groups in total. The van der Waals surface area contributed by atoms with E-state index in [4.69, 9.17) is 4.74 Å². The summed E-state index contributed by atoms with van der Waals surface area (Å²) in [5.74, 6) is 0.0748. The minimum absolute atomic E-state index is 0.0182. The lowest BCUT2D eigenvalue weighted by molar-refractivity contribution is -0.271. The largest absolute Gasteiger partial charge is 0.497 e. The Balaban J connectivity index is 1.60. The molecule has 2 aromatic heterocycles. The molecule has 0 radical (unpaired) electrons. The molecule has 6 nitrogen and oxygen atoms in total. The van der Waals surface area contributed by atoms with Crippen LogP contribution >= 0.6 is 0 Å². The third kappa shape index (κ3) is 4.17. The first kappa shape index (κ1) is 24.3. The average Bonchev–Trinajstić information content (AvgIpc) is 3.44. The van der Waals surface area contributed by atoms with Gasteiger partial charge in [-0.3, -0.25) is 0 Å². The van der Waals surface area contributed by atoms with E-state index in [-0.39, 0.29) is 12.0 Å². The fraction of sp³-hybridized carbons (Fsp3) is 0.185. The quantitative estimate of drug-likeness (QED) is 0.301. The third-order valence-corrected chi connectivity index (χ3v) is 6.43. The SMILES string of the molecule is COc1ccc2c(c1)c(CC#N)cn2CC(O)(c1ccc2c(cnn2-c2ccc(F)cc2)c1)C(F)(F)F. The number of nitriles is 1. The topological polar surface area (TPSA) is 76.0 Å². The van der Waals surface area contributed by atoms with E-state index >= 15 is 0 Å². The van der Waals surface area contributed by atoms with Crippen molar-refractivity contribution in [2.24, 2.45) is 0 Å². The van der Waals surface area contributed by atoms with Gasteiger partial charge in [0.05, 0.1) is 43.5 Å². The number of halogens is 4. The standard InChI is InChI=1S/C27H20F4N4O2/c1-37-22-7-9-25-23(13-22)17(10-11-32)15-34(25)16-26(36,27(29,30)31)19-2-8-24-18(12-19)14-33-35(24)21-5-3-20(28)4-6-21/h2-9,12-15,36H,10,16H2,1H3. The predicted octanol–water partition coefficient (Wildman–Crippen LogP) is 5.64. The van der Waals surface area contributed by atoms with Gasteiger partial charge in [-0.2, -0.15) is 23.5 Å². The number of nitrogens with zero attached hydrogens (tertiary/aromatic N) is 4. The van der Waals surface area contributed by atoms with E-state index in [1.165, 1.54) is 71.2 Å². The fourth-order valence-electron chi connectivity index (χ4n) is 4.50. The van der Waals surface area contributed by atoms with E-state index < -0.39 is 24.1 Å². The molecule has 0 spiro atoms. The number of benzene rings is 3. The third-order valence-electron chi connectivity index (χ3n) is 6.43. The van der Waals surface area contributed by atoms with Crippen molar-refractivity contribution in [3.63, 3.8) is 0 Å². The molecule has 0 aliphatic rings. The lowest BCUT2D eigenvalue weighted by atomic mass is 9.91. The summed E-state index contributed by atoms with van der Waals surface area (Å²) in [5, 5.41) is 25.6. The Bertz CT molecular complexity index is 1650. The number of hydrogen-bond acceptors (Lipinski definition) is 4. The van der Waals surface area contributed by atoms with Gasteiger partial charge in [-0.15, -0.1) is 0 Å². The number of methoxy groups -OCH3 is 1. The molecule has 1 atom stereocenters. The lowest BCUT2D eigenvalue weighted by Crippen LogP contribution is -2.45. The average molecular weight is 508 g/mol. The van der Waals surface area contributed by atoms with E-state index in [0.717, 1.165) is 0 Å². The van der Waals surface area contributed by atoms with Crippen molar-refractivity contribution >= 4 is 21.8 Å². The first-order chi connectivity index (χ1) is 17.6. The zero-order valence-corrected chi connectivity index (χ0v) is 19.5. The van der Waals surface area contributed by atoms with Gasteiger partial charge in [0.15, 0.2) is 0 Å². The van der Waals surface area contributed by atoms with Gasteiger partial charge < -0.3 is 14.4 Å². The van der Waals surface area contributed by atoms with Crippen LogP contribution < -0.4 is 4.74 Å². The van der Waals surface area contributed by atoms with E-state index in [9.17, 15) is 27.9 Å². The van der Waals surface area contributed by atoms with Gasteiger partial charge in [0, 0.05) is 22.5 Å². The Morgan fingerprint density at radius 2 is 1.76 bits per heavy atom. The van der Waals surface area contributed by atoms with Crippen molar-refractivity contribution in [2.75, 3.05) is 7.11 Å². The van der Waals surface area contributed by atoms with Crippen LogP contribution in [0.5, 0.6) is 5.75 Å². The maximum absolute atomic E-state index is 14.5. The highest BCUT2D eigenvalue weighted by Crippen LogP contribution is 2.42. The summed E-state index contributed by atoms with van der Waals surface area (Å²) in [4.78, 5) is 0. The highest BCUT2D eigenvalue weighted by atomic mass is 19.4. The number of rotatable bonds is 6. The number of hydrogen-bond donors (Lipinski definition) is 1. The monoisotopic (exact) mass is 508 g/mol. The molecule has 5 rings (SSSR count). The van der Waals surface area contributed by atoms with Crippen molar-refractivity contribution in [1.82, 2.24) is 14.3 Å². The molecule has 188 valence electrons. The van der Waals surface area contributed by atoms with Gasteiger partial charge in [-0.05, 0) is 65.7 Å². The van der Waals surface area contributed by atoms with Gasteiger partial charge in [-0.1, -0.05) is 6.07 Å². The maximum atomic E-state index is 14.5. The Hall–Kier alpha value is -4.36. The van der Waals surface area contributed by atoms with Crippen molar-refractivity contribution < 1.29 is 27.4 Å². The molecule has 3 aromatic carbocycles. The molecule has 0 aliphatic heterocycles. The van der Waals surface area contributed by atoms with E-state index in [1.54, 1.807) is 18.2 Å². The van der Waals surface area contributed by atoms with Crippen LogP contribution in [0.15, 0.2) is 73.1 Å². The Kier molecular flexibility index (Phi) is 5.88. The first-order valence-corrected chi connectivity index (χ1v) is 11.2. The zero-order valence-electron chi connectivity index (χ0n) is 19.5. The van der Waals surface area contributed by atoms with Gasteiger partial charge in [0.25, 0.3) is 0 Å². The molecule has 5 aromatic rings. The summed E-state index contributed by atoms with van der Waals surface area (Å²) in [6.07, 6.45) is -2.20. The number of ether oxygens (including phenoxy) is 1. The van der Waals surface area contributed by atoms with Gasteiger partial charge in [0.2, 0.25) is 5.60 Å². The minimum Gasteiger partial charge on any atom is -0.497 e. The van der Waals surface area contributed by atoms with Crippen molar-refractivity contribution in [3.8, 4) is 17.5 Å². The molecule has 0 bridgehead atoms. The van der Waals surface area contributed by atoms with Crippen molar-refractivity contribution in [2.45, 2.75) is 24.7 Å². The predicted molar refractivity (Wildman–Crippen MR) is 129 cm³/mol. The molecule has 0 amide bonds. The molecular formula is C27H20F4N4O2. The second kappa shape index (κ2) is 8.94. The van der Waals surface area contributed by atoms with Crippen LogP contribution in [0.2, 0.25) is 0 Å². The highest BCUT2D eigenvalue weighted by molar-refractivity contribution is 5.86. The van der Waals surface area contributed by atoms with Crippen LogP contribution in [0.1, 0.15) is 11.1 Å². The smallest absolute Gasteiger partial charge is 0.423 e. The minimum atomic E-state index is -5.02. The molecule has 0 saturated carbocycles. The Labute approximate surface area is 208 Å². The lowest BCUT2D eigenvalue weighted by Gasteiger charge is -2.32. The van der Waals surface area contributed by atoms with Gasteiger partial charge in [0.1, 0.15) is 11.6 Å². The van der Waals surface area contributed by atoms with E-state index in [1.807, 2.05) is 6.07 Å². The number of aliphatic hydroxyl groups is 1. The molecule has 0 fully saturated rings. The van der Waals surface area contributed by atoms with E-state index in [2.05, 4.69) is 5.10 Å². The second-order valence-electron chi connectivity index (χ2n) is 8.66. The van der Waals surface area contributed by atoms with E-state index in [0.29, 0.717) is 38.8 Å². The number of fused-ring (bicyclic) bond motifs is 2. The summed E-state index contributed by atoms with van der Waals surface area (Å²) in [6.45, 7) is -0.831. The molecule has 2 heterocycles. The van der Waals surface area contributed by atoms with Crippen molar-refractivity contribution in [3.05, 3.63) is 90.0 Å². The molecule has 0 saturated heterocycles. The maximum Gasteiger partial charge on any atom is 0.423 e. The van der Waals surface area contributed by atoms with Crippen LogP contribution in [0, 0.1) is 17.1 Å². The summed E-state index contributed by atoms with van der Waals surface area (Å²) < 4.78 is 64.7. The Morgan fingerprint density at radius 3 is 2.43 bits per heavy atom. The number of aromatic nitrogens is 3. The molecular weight excluding hydrogens is 488 g/mol. The normalized spacial score (nSPS) is 13.5. The fourth-order valence-corrected chi connectivity index (χ4v) is 4.50. The molecule has 0 aliphatic carbocycles. The summed E-state index contributed by atoms with van der Waals surface area (Å²) in [5.41, 5.74) is -1.61. The first-order valence-electron chi connectivity index (χ1n) is 11.2. The summed E-state index contributed by atoms with van der Waals surface area (Å²) in [7, 11) is 1.47. The van der Waals surface area contributed by atoms with Crippen LogP contribution in [-0.2, 0) is 18.6 Å². The Morgan fingerprint density at radius 1 is 1.03 bits per heavy atom. The molecule has 10 heteroatoms. The van der Waals surface area contributed by atoms with Crippen LogP contribution in [0.4, 0.5) is 17.6 Å². The highest BCUT2D eigenvalue weighted by Gasteiger charge is 2.55. The summed E-state index contributed by atoms with van der Waals surface area (Å²) in [6, 6.07) is 16.3. The van der Waals surface area contributed by atoms with Crippen molar-refractivity contribution in [1.29, 1.82) is 5.26 Å². The van der Waals surface area contributed by atoms with Crippen LogP contribution in [-0.4, -0.2) is 32.7 Å². The number of alkyl halides is 3. The van der Waals surface area contributed by atoms with Crippen LogP contribution in [0.3, 0.4) is 0 Å². The molecule has 37 heavy (non-hydrogen) atoms.